The number of hydrogen-bond acceptors (Lipinski definition) is 5. The van der Waals surface area contributed by atoms with Crippen LogP contribution in [0.25, 0.3) is 0 Å². The molecule has 0 spiro atoms. The summed E-state index contributed by atoms with van der Waals surface area (Å²) in [5.41, 5.74) is -2.61. The monoisotopic (exact) mass is 312 g/mol. The highest BCUT2D eigenvalue weighted by Gasteiger charge is 2.29. The molecule has 1 fully saturated rings. The van der Waals surface area contributed by atoms with E-state index >= 15 is 0 Å². The highest BCUT2D eigenvalue weighted by atomic mass is 19.2. The lowest BCUT2D eigenvalue weighted by molar-refractivity contribution is -0.385. The lowest BCUT2D eigenvalue weighted by atomic mass is 10.0. The number of nitrogens with one attached hydrogen (secondary N) is 1. The molecule has 1 aliphatic carbocycles. The van der Waals surface area contributed by atoms with Gasteiger partial charge in [0.25, 0.3) is 5.69 Å². The molecule has 0 aliphatic heterocycles. The Bertz CT molecular complexity index is 698. The van der Waals surface area contributed by atoms with Crippen molar-refractivity contribution in [1.29, 1.82) is 0 Å². The first kappa shape index (κ1) is 15.5. The summed E-state index contributed by atoms with van der Waals surface area (Å²) in [5.74, 6) is -5.88. The molecule has 0 radical (unpaired) electrons. The Labute approximate surface area is 122 Å². The maximum absolute atomic E-state index is 13.2. The van der Waals surface area contributed by atoms with Crippen molar-refractivity contribution < 1.29 is 28.4 Å². The fourth-order valence-electron chi connectivity index (χ4n) is 1.69. The summed E-state index contributed by atoms with van der Waals surface area (Å²) in [6.45, 7) is 0. The lowest BCUT2D eigenvalue weighted by Crippen LogP contribution is -2.19. The minimum atomic E-state index is -1.63. The molecule has 0 heterocycles. The molecule has 0 bridgehead atoms. The van der Waals surface area contributed by atoms with E-state index in [1.807, 2.05) is 0 Å². The van der Waals surface area contributed by atoms with Crippen LogP contribution in [-0.2, 0) is 4.79 Å². The van der Waals surface area contributed by atoms with E-state index in [-0.39, 0.29) is 12.1 Å². The van der Waals surface area contributed by atoms with Crippen molar-refractivity contribution in [2.24, 2.45) is 0 Å². The number of ketones is 1. The summed E-state index contributed by atoms with van der Waals surface area (Å²) < 4.78 is 26.3. The molecule has 2 N–H and O–H groups in total. The Hall–Kier alpha value is -2.84. The van der Waals surface area contributed by atoms with Crippen molar-refractivity contribution in [2.45, 2.75) is 18.9 Å². The van der Waals surface area contributed by atoms with E-state index in [0.717, 1.165) is 19.0 Å². The number of carbonyl (C=O) groups excluding carboxylic acids is 1. The third-order valence-corrected chi connectivity index (χ3v) is 3.00. The first-order valence-electron chi connectivity index (χ1n) is 6.19. The van der Waals surface area contributed by atoms with E-state index in [2.05, 4.69) is 5.32 Å². The van der Waals surface area contributed by atoms with Gasteiger partial charge in [-0.3, -0.25) is 14.9 Å². The number of carbonyl (C=O) groups is 2. The molecule has 0 amide bonds. The number of halogens is 2. The zero-order valence-electron chi connectivity index (χ0n) is 11.0. The third-order valence-electron chi connectivity index (χ3n) is 3.00. The number of rotatable bonds is 6. The van der Waals surface area contributed by atoms with Crippen molar-refractivity contribution in [3.8, 4) is 0 Å². The molecule has 116 valence electrons. The molecular formula is C13H10F2N2O5. The van der Waals surface area contributed by atoms with Gasteiger partial charge in [-0.05, 0) is 18.9 Å². The van der Waals surface area contributed by atoms with E-state index in [4.69, 9.17) is 5.11 Å². The number of Topliss-reactive ketones (excluding diaryl/α,β-unsaturated/α-hetero) is 1. The van der Waals surface area contributed by atoms with Crippen LogP contribution in [0.15, 0.2) is 23.9 Å². The third kappa shape index (κ3) is 3.25. The SMILES string of the molecule is O=C(O)C(=CNC1CC1)C(=O)c1cc(F)c(F)cc1[N+](=O)[O-]. The Morgan fingerprint density at radius 1 is 1.32 bits per heavy atom. The van der Waals surface area contributed by atoms with Crippen molar-refractivity contribution >= 4 is 17.4 Å². The van der Waals surface area contributed by atoms with Gasteiger partial charge in [0.2, 0.25) is 5.78 Å². The zero-order chi connectivity index (χ0) is 16.4. The van der Waals surface area contributed by atoms with Crippen LogP contribution in [-0.4, -0.2) is 27.8 Å². The van der Waals surface area contributed by atoms with E-state index in [0.29, 0.717) is 6.07 Å². The molecule has 0 unspecified atom stereocenters. The number of nitro groups is 1. The van der Waals surface area contributed by atoms with Crippen LogP contribution >= 0.6 is 0 Å². The number of carboxylic acids is 1. The predicted molar refractivity (Wildman–Crippen MR) is 69.2 cm³/mol. The molecule has 22 heavy (non-hydrogen) atoms. The molecule has 7 nitrogen and oxygen atoms in total. The largest absolute Gasteiger partial charge is 0.477 e. The summed E-state index contributed by atoms with van der Waals surface area (Å²) in [4.78, 5) is 33.0. The number of benzene rings is 1. The van der Waals surface area contributed by atoms with E-state index in [9.17, 15) is 28.5 Å². The van der Waals surface area contributed by atoms with Gasteiger partial charge < -0.3 is 10.4 Å². The second kappa shape index (κ2) is 5.88. The first-order valence-corrected chi connectivity index (χ1v) is 6.19. The molecule has 1 aliphatic rings. The van der Waals surface area contributed by atoms with Gasteiger partial charge in [-0.1, -0.05) is 0 Å². The number of hydrogen-bond donors (Lipinski definition) is 2. The Morgan fingerprint density at radius 2 is 1.91 bits per heavy atom. The molecule has 0 aromatic heterocycles. The maximum atomic E-state index is 13.2. The highest BCUT2D eigenvalue weighted by molar-refractivity contribution is 6.24. The zero-order valence-corrected chi connectivity index (χ0v) is 11.0. The molecule has 1 aromatic carbocycles. The number of nitrogens with zero attached hydrogens (tertiary/aromatic N) is 1. The van der Waals surface area contributed by atoms with Gasteiger partial charge in [0, 0.05) is 12.2 Å². The van der Waals surface area contributed by atoms with E-state index in [1.54, 1.807) is 0 Å². The van der Waals surface area contributed by atoms with Crippen molar-refractivity contribution in [3.63, 3.8) is 0 Å². The second-order valence-electron chi connectivity index (χ2n) is 4.67. The number of nitro benzene ring substituents is 1. The normalized spacial score (nSPS) is 14.5. The summed E-state index contributed by atoms with van der Waals surface area (Å²) in [6.07, 6.45) is 2.54. The van der Waals surface area contributed by atoms with E-state index < -0.39 is 45.1 Å². The van der Waals surface area contributed by atoms with Gasteiger partial charge in [0.05, 0.1) is 11.0 Å². The summed E-state index contributed by atoms with van der Waals surface area (Å²) in [5, 5.41) is 22.5. The molecule has 1 saturated carbocycles. The topological polar surface area (TPSA) is 110 Å². The quantitative estimate of drug-likeness (QED) is 0.207. The standard InChI is InChI=1S/C13H10F2N2O5/c14-9-3-7(11(17(21)22)4-10(9)15)12(18)8(13(19)20)5-16-6-1-2-6/h3-6,16H,1-2H2,(H,19,20). The van der Waals surface area contributed by atoms with Gasteiger partial charge in [-0.25, -0.2) is 13.6 Å². The first-order chi connectivity index (χ1) is 10.3. The van der Waals surface area contributed by atoms with E-state index in [1.165, 1.54) is 0 Å². The van der Waals surface area contributed by atoms with Crippen molar-refractivity contribution in [3.05, 3.63) is 51.2 Å². The maximum Gasteiger partial charge on any atom is 0.341 e. The Balaban J connectivity index is 2.45. The Kier molecular flexibility index (Phi) is 4.15. The highest BCUT2D eigenvalue weighted by Crippen LogP contribution is 2.25. The molecule has 1 aromatic rings. The second-order valence-corrected chi connectivity index (χ2v) is 4.67. The average Bonchev–Trinajstić information content (AvgIpc) is 3.24. The number of carboxylic acid groups (broad SMARTS) is 1. The number of aliphatic carboxylic acids is 1. The molecule has 0 atom stereocenters. The van der Waals surface area contributed by atoms with Crippen LogP contribution < -0.4 is 5.32 Å². The average molecular weight is 312 g/mol. The van der Waals surface area contributed by atoms with Crippen LogP contribution in [0, 0.1) is 21.7 Å². The van der Waals surface area contributed by atoms with Crippen LogP contribution in [0.3, 0.4) is 0 Å². The van der Waals surface area contributed by atoms with Gasteiger partial charge in [0.1, 0.15) is 11.1 Å². The molecular weight excluding hydrogens is 302 g/mol. The van der Waals surface area contributed by atoms with Crippen molar-refractivity contribution in [2.75, 3.05) is 0 Å². The Morgan fingerprint density at radius 3 is 2.41 bits per heavy atom. The van der Waals surface area contributed by atoms with Crippen LogP contribution in [0.2, 0.25) is 0 Å². The van der Waals surface area contributed by atoms with Gasteiger partial charge in [-0.2, -0.15) is 0 Å². The van der Waals surface area contributed by atoms with Crippen LogP contribution in [0.4, 0.5) is 14.5 Å². The molecule has 0 saturated heterocycles. The summed E-state index contributed by atoms with van der Waals surface area (Å²) in [7, 11) is 0. The fraction of sp³-hybridized carbons (Fsp3) is 0.231. The minimum Gasteiger partial charge on any atom is -0.477 e. The lowest BCUT2D eigenvalue weighted by Gasteiger charge is -2.05. The van der Waals surface area contributed by atoms with Gasteiger partial charge in [0.15, 0.2) is 11.6 Å². The fourth-order valence-corrected chi connectivity index (χ4v) is 1.69. The summed E-state index contributed by atoms with van der Waals surface area (Å²) >= 11 is 0. The smallest absolute Gasteiger partial charge is 0.341 e. The minimum absolute atomic E-state index is 0.0436. The molecule has 2 rings (SSSR count). The van der Waals surface area contributed by atoms with Gasteiger partial charge >= 0.3 is 5.97 Å². The summed E-state index contributed by atoms with van der Waals surface area (Å²) in [6, 6.07) is 0.613. The molecule has 9 heteroatoms. The van der Waals surface area contributed by atoms with Crippen LogP contribution in [0.1, 0.15) is 23.2 Å². The van der Waals surface area contributed by atoms with Crippen LogP contribution in [0.5, 0.6) is 0 Å². The predicted octanol–water partition coefficient (Wildman–Crippen LogP) is 1.78. The van der Waals surface area contributed by atoms with Gasteiger partial charge in [-0.15, -0.1) is 0 Å². The van der Waals surface area contributed by atoms with Crippen molar-refractivity contribution in [1.82, 2.24) is 5.32 Å².